The third-order valence-corrected chi connectivity index (χ3v) is 3.70. The molecule has 0 amide bonds. The average Bonchev–Trinajstić information content (AvgIpc) is 2.46. The molecule has 98 valence electrons. The van der Waals surface area contributed by atoms with E-state index in [1.54, 1.807) is 19.2 Å². The molecule has 4 heteroatoms. The monoisotopic (exact) mass is 274 g/mol. The second-order valence-electron chi connectivity index (χ2n) is 3.92. The Hall–Kier alpha value is -1.94. The van der Waals surface area contributed by atoms with E-state index in [1.165, 1.54) is 11.8 Å². The van der Waals surface area contributed by atoms with Gasteiger partial charge in [0.05, 0.1) is 12.7 Å². The van der Waals surface area contributed by atoms with E-state index in [0.29, 0.717) is 5.56 Å². The van der Waals surface area contributed by atoms with Crippen molar-refractivity contribution in [2.24, 2.45) is 0 Å². The quantitative estimate of drug-likeness (QED) is 0.862. The van der Waals surface area contributed by atoms with E-state index in [4.69, 9.17) is 4.74 Å². The number of carboxylic acid groups (broad SMARTS) is 1. The summed E-state index contributed by atoms with van der Waals surface area (Å²) in [6.45, 7) is 0. The summed E-state index contributed by atoms with van der Waals surface area (Å²) in [4.78, 5) is 12.0. The topological polar surface area (TPSA) is 46.5 Å². The fourth-order valence-corrected chi connectivity index (χ4v) is 2.70. The summed E-state index contributed by atoms with van der Waals surface area (Å²) >= 11 is 1.44. The van der Waals surface area contributed by atoms with Crippen molar-refractivity contribution in [3.63, 3.8) is 0 Å². The Morgan fingerprint density at radius 1 is 1.16 bits per heavy atom. The molecule has 2 aromatic carbocycles. The van der Waals surface area contributed by atoms with Crippen LogP contribution in [0.5, 0.6) is 5.75 Å². The zero-order valence-corrected chi connectivity index (χ0v) is 11.5. The molecular weight excluding hydrogens is 260 g/mol. The molecule has 0 aromatic heterocycles. The number of ether oxygens (including phenoxy) is 1. The minimum atomic E-state index is -0.903. The molecule has 2 rings (SSSR count). The van der Waals surface area contributed by atoms with Crippen molar-refractivity contribution in [1.29, 1.82) is 0 Å². The van der Waals surface area contributed by atoms with Gasteiger partial charge in [0.1, 0.15) is 5.75 Å². The van der Waals surface area contributed by atoms with Crippen LogP contribution in [0.15, 0.2) is 47.4 Å². The van der Waals surface area contributed by atoms with Gasteiger partial charge in [-0.3, -0.25) is 0 Å². The van der Waals surface area contributed by atoms with Gasteiger partial charge in [-0.1, -0.05) is 24.3 Å². The molecule has 0 heterocycles. The van der Waals surface area contributed by atoms with Gasteiger partial charge in [0.25, 0.3) is 0 Å². The number of hydrogen-bond donors (Lipinski definition) is 1. The number of benzene rings is 2. The van der Waals surface area contributed by atoms with E-state index < -0.39 is 5.97 Å². The van der Waals surface area contributed by atoms with Crippen LogP contribution in [-0.4, -0.2) is 24.4 Å². The number of carboxylic acids is 1. The minimum absolute atomic E-state index is 0.334. The first-order valence-corrected chi connectivity index (χ1v) is 6.94. The molecule has 2 aromatic rings. The zero-order chi connectivity index (χ0) is 13.8. The van der Waals surface area contributed by atoms with Crippen LogP contribution in [0, 0.1) is 0 Å². The van der Waals surface area contributed by atoms with Gasteiger partial charge in [-0.25, -0.2) is 4.79 Å². The van der Waals surface area contributed by atoms with Crippen molar-refractivity contribution in [3.05, 3.63) is 48.0 Å². The summed E-state index contributed by atoms with van der Waals surface area (Å²) in [5.74, 6) is -0.122. The van der Waals surface area contributed by atoms with Crippen molar-refractivity contribution in [2.75, 3.05) is 13.4 Å². The maximum absolute atomic E-state index is 11.2. The maximum atomic E-state index is 11.2. The molecule has 0 aliphatic carbocycles. The Morgan fingerprint density at radius 3 is 2.37 bits per heavy atom. The third-order valence-electron chi connectivity index (χ3n) is 2.85. The lowest BCUT2D eigenvalue weighted by Gasteiger charge is -2.11. The Balaban J connectivity index is 2.54. The van der Waals surface area contributed by atoms with Crippen LogP contribution in [0.1, 0.15) is 10.4 Å². The van der Waals surface area contributed by atoms with Crippen molar-refractivity contribution < 1.29 is 14.6 Å². The molecule has 0 aliphatic rings. The number of aromatic carboxylic acids is 1. The van der Waals surface area contributed by atoms with Crippen molar-refractivity contribution >= 4 is 17.7 Å². The van der Waals surface area contributed by atoms with Crippen LogP contribution >= 0.6 is 11.8 Å². The van der Waals surface area contributed by atoms with Crippen LogP contribution in [0.2, 0.25) is 0 Å². The second-order valence-corrected chi connectivity index (χ2v) is 4.74. The fraction of sp³-hybridized carbons (Fsp3) is 0.133. The Bertz CT molecular complexity index is 591. The van der Waals surface area contributed by atoms with Crippen LogP contribution in [-0.2, 0) is 0 Å². The molecule has 0 spiro atoms. The van der Waals surface area contributed by atoms with E-state index in [0.717, 1.165) is 21.8 Å². The van der Waals surface area contributed by atoms with Gasteiger partial charge in [-0.15, -0.1) is 11.8 Å². The van der Waals surface area contributed by atoms with Gasteiger partial charge < -0.3 is 9.84 Å². The second kappa shape index (κ2) is 5.80. The number of carbonyl (C=O) groups is 1. The zero-order valence-electron chi connectivity index (χ0n) is 10.7. The predicted octanol–water partition coefficient (Wildman–Crippen LogP) is 3.78. The first-order chi connectivity index (χ1) is 9.17. The molecule has 0 atom stereocenters. The molecule has 0 unspecified atom stereocenters. The van der Waals surface area contributed by atoms with Crippen LogP contribution in [0.3, 0.4) is 0 Å². The van der Waals surface area contributed by atoms with Crippen LogP contribution in [0.25, 0.3) is 11.1 Å². The van der Waals surface area contributed by atoms with Gasteiger partial charge in [0.2, 0.25) is 0 Å². The molecule has 0 radical (unpaired) electrons. The Kier molecular flexibility index (Phi) is 4.12. The van der Waals surface area contributed by atoms with Crippen LogP contribution in [0.4, 0.5) is 0 Å². The summed E-state index contributed by atoms with van der Waals surface area (Å²) < 4.78 is 5.12. The van der Waals surface area contributed by atoms with Gasteiger partial charge in [-0.05, 0) is 35.6 Å². The summed E-state index contributed by atoms with van der Waals surface area (Å²) in [5.41, 5.74) is 2.24. The summed E-state index contributed by atoms with van der Waals surface area (Å²) in [5, 5.41) is 9.22. The number of hydrogen-bond acceptors (Lipinski definition) is 3. The molecule has 0 saturated carbocycles. The van der Waals surface area contributed by atoms with E-state index in [-0.39, 0.29) is 0 Å². The highest BCUT2D eigenvalue weighted by Crippen LogP contribution is 2.33. The van der Waals surface area contributed by atoms with E-state index in [2.05, 4.69) is 0 Å². The van der Waals surface area contributed by atoms with Crippen molar-refractivity contribution in [3.8, 4) is 16.9 Å². The first-order valence-electron chi connectivity index (χ1n) is 5.72. The number of methoxy groups -OCH3 is 1. The highest BCUT2D eigenvalue weighted by Gasteiger charge is 2.14. The lowest BCUT2D eigenvalue weighted by Crippen LogP contribution is -1.99. The normalized spacial score (nSPS) is 10.2. The van der Waals surface area contributed by atoms with Gasteiger partial charge in [0, 0.05) is 4.90 Å². The summed E-state index contributed by atoms with van der Waals surface area (Å²) in [7, 11) is 1.62. The highest BCUT2D eigenvalue weighted by molar-refractivity contribution is 7.98. The van der Waals surface area contributed by atoms with E-state index in [1.807, 2.05) is 36.6 Å². The molecule has 3 nitrogen and oxygen atoms in total. The molecule has 0 bridgehead atoms. The van der Waals surface area contributed by atoms with Gasteiger partial charge >= 0.3 is 5.97 Å². The molecule has 19 heavy (non-hydrogen) atoms. The largest absolute Gasteiger partial charge is 0.497 e. The Morgan fingerprint density at radius 2 is 1.84 bits per heavy atom. The molecular formula is C15H14O3S. The minimum Gasteiger partial charge on any atom is -0.497 e. The lowest BCUT2D eigenvalue weighted by molar-refractivity contribution is 0.0693. The summed E-state index contributed by atoms with van der Waals surface area (Å²) in [6, 6.07) is 12.9. The van der Waals surface area contributed by atoms with E-state index >= 15 is 0 Å². The van der Waals surface area contributed by atoms with E-state index in [9.17, 15) is 9.90 Å². The predicted molar refractivity (Wildman–Crippen MR) is 77.2 cm³/mol. The number of thioether (sulfide) groups is 1. The van der Waals surface area contributed by atoms with Gasteiger partial charge in [-0.2, -0.15) is 0 Å². The standard InChI is InChI=1S/C15H14O3S/c1-18-11-8-6-10(7-9-11)12-4-3-5-13(15(16)17)14(12)19-2/h3-9H,1-2H3,(H,16,17). The average molecular weight is 274 g/mol. The first kappa shape index (κ1) is 13.5. The molecule has 0 aliphatic heterocycles. The van der Waals surface area contributed by atoms with Crippen molar-refractivity contribution in [2.45, 2.75) is 4.90 Å². The van der Waals surface area contributed by atoms with Crippen molar-refractivity contribution in [1.82, 2.24) is 0 Å². The fourth-order valence-electron chi connectivity index (χ4n) is 1.92. The highest BCUT2D eigenvalue weighted by atomic mass is 32.2. The lowest BCUT2D eigenvalue weighted by atomic mass is 10.0. The number of rotatable bonds is 4. The summed E-state index contributed by atoms with van der Waals surface area (Å²) in [6.07, 6.45) is 1.88. The molecule has 0 saturated heterocycles. The van der Waals surface area contributed by atoms with Gasteiger partial charge in [0.15, 0.2) is 0 Å². The van der Waals surface area contributed by atoms with Crippen LogP contribution < -0.4 is 4.74 Å². The molecule has 1 N–H and O–H groups in total. The SMILES string of the molecule is COc1ccc(-c2cccc(C(=O)O)c2SC)cc1. The maximum Gasteiger partial charge on any atom is 0.336 e. The Labute approximate surface area is 116 Å². The third kappa shape index (κ3) is 2.74. The molecule has 0 fully saturated rings. The smallest absolute Gasteiger partial charge is 0.336 e.